The van der Waals surface area contributed by atoms with E-state index in [1.54, 1.807) is 29.7 Å². The quantitative estimate of drug-likeness (QED) is 0.386. The van der Waals surface area contributed by atoms with Crippen molar-refractivity contribution < 1.29 is 9.59 Å². The highest BCUT2D eigenvalue weighted by molar-refractivity contribution is 7.99. The molecule has 0 fully saturated rings. The van der Waals surface area contributed by atoms with Gasteiger partial charge in [-0.2, -0.15) is 0 Å². The van der Waals surface area contributed by atoms with Crippen LogP contribution in [0.5, 0.6) is 0 Å². The largest absolute Gasteiger partial charge is 0.355 e. The highest BCUT2D eigenvalue weighted by atomic mass is 35.5. The maximum atomic E-state index is 12.9. The summed E-state index contributed by atoms with van der Waals surface area (Å²) < 4.78 is 0. The SMILES string of the molecule is CCNC(=O)C(C)N(Cc1cccc(Cl)c1)C(=O)CCCSc1ccc(Cl)cc1. The van der Waals surface area contributed by atoms with Crippen molar-refractivity contribution in [3.63, 3.8) is 0 Å². The van der Waals surface area contributed by atoms with Gasteiger partial charge in [-0.25, -0.2) is 0 Å². The highest BCUT2D eigenvalue weighted by Crippen LogP contribution is 2.22. The summed E-state index contributed by atoms with van der Waals surface area (Å²) in [6.45, 7) is 4.50. The molecule has 0 aliphatic carbocycles. The average Bonchev–Trinajstić information content (AvgIpc) is 2.70. The van der Waals surface area contributed by atoms with E-state index in [0.717, 1.165) is 22.6 Å². The van der Waals surface area contributed by atoms with Crippen LogP contribution in [0.2, 0.25) is 10.0 Å². The average molecular weight is 453 g/mol. The van der Waals surface area contributed by atoms with Gasteiger partial charge in [-0.15, -0.1) is 11.8 Å². The third-order valence-corrected chi connectivity index (χ3v) is 5.96. The molecule has 2 aromatic rings. The van der Waals surface area contributed by atoms with E-state index < -0.39 is 6.04 Å². The van der Waals surface area contributed by atoms with Crippen molar-refractivity contribution in [1.82, 2.24) is 10.2 Å². The molecule has 156 valence electrons. The van der Waals surface area contributed by atoms with Gasteiger partial charge in [0.05, 0.1) is 0 Å². The molecule has 4 nitrogen and oxygen atoms in total. The maximum Gasteiger partial charge on any atom is 0.242 e. The van der Waals surface area contributed by atoms with Gasteiger partial charge >= 0.3 is 0 Å². The fourth-order valence-corrected chi connectivity index (χ4v) is 4.02. The fraction of sp³-hybridized carbons (Fsp3) is 0.364. The summed E-state index contributed by atoms with van der Waals surface area (Å²) in [5.41, 5.74) is 0.900. The molecule has 29 heavy (non-hydrogen) atoms. The van der Waals surface area contributed by atoms with Crippen molar-refractivity contribution in [2.24, 2.45) is 0 Å². The molecule has 2 rings (SSSR count). The normalized spacial score (nSPS) is 11.7. The lowest BCUT2D eigenvalue weighted by Crippen LogP contribution is -2.47. The standard InChI is InChI=1S/C22H26Cl2N2O2S/c1-3-25-22(28)16(2)26(15-17-6-4-7-19(24)14-17)21(27)8-5-13-29-20-11-9-18(23)10-12-20/h4,6-7,9-12,14,16H,3,5,8,13,15H2,1-2H3,(H,25,28). The van der Waals surface area contributed by atoms with E-state index in [9.17, 15) is 9.59 Å². The summed E-state index contributed by atoms with van der Waals surface area (Å²) in [6.07, 6.45) is 1.10. The van der Waals surface area contributed by atoms with Crippen LogP contribution in [-0.2, 0) is 16.1 Å². The van der Waals surface area contributed by atoms with Crippen LogP contribution in [0.4, 0.5) is 0 Å². The van der Waals surface area contributed by atoms with Gasteiger partial charge in [0.15, 0.2) is 0 Å². The number of carbonyl (C=O) groups is 2. The van der Waals surface area contributed by atoms with Crippen LogP contribution in [0.1, 0.15) is 32.3 Å². The number of amides is 2. The predicted octanol–water partition coefficient (Wildman–Crippen LogP) is 5.42. The Morgan fingerprint density at radius 3 is 2.48 bits per heavy atom. The molecule has 0 saturated heterocycles. The van der Waals surface area contributed by atoms with Crippen LogP contribution in [-0.4, -0.2) is 35.1 Å². The number of rotatable bonds is 10. The molecule has 0 bridgehead atoms. The monoisotopic (exact) mass is 452 g/mol. The third kappa shape index (κ3) is 7.92. The molecule has 2 amide bonds. The first kappa shape index (κ1) is 23.6. The molecule has 2 aromatic carbocycles. The first-order chi connectivity index (χ1) is 13.9. The van der Waals surface area contributed by atoms with E-state index in [0.29, 0.717) is 29.6 Å². The van der Waals surface area contributed by atoms with Crippen molar-refractivity contribution >= 4 is 46.8 Å². The van der Waals surface area contributed by atoms with E-state index >= 15 is 0 Å². The minimum absolute atomic E-state index is 0.0413. The Labute approximate surface area is 187 Å². The Morgan fingerprint density at radius 2 is 1.83 bits per heavy atom. The molecule has 0 radical (unpaired) electrons. The molecule has 1 atom stereocenters. The van der Waals surface area contributed by atoms with Gasteiger partial charge in [-0.3, -0.25) is 9.59 Å². The summed E-state index contributed by atoms with van der Waals surface area (Å²) in [5, 5.41) is 4.12. The third-order valence-electron chi connectivity index (χ3n) is 4.38. The summed E-state index contributed by atoms with van der Waals surface area (Å²) in [5.74, 6) is 0.618. The minimum atomic E-state index is -0.551. The zero-order valence-corrected chi connectivity index (χ0v) is 19.0. The second-order valence-corrected chi connectivity index (χ2v) is 8.67. The first-order valence-electron chi connectivity index (χ1n) is 9.60. The Morgan fingerprint density at radius 1 is 1.10 bits per heavy atom. The Hall–Kier alpha value is -1.69. The molecule has 0 spiro atoms. The van der Waals surface area contributed by atoms with E-state index in [2.05, 4.69) is 5.32 Å². The number of nitrogens with zero attached hydrogens (tertiary/aromatic N) is 1. The number of carbonyl (C=O) groups excluding carboxylic acids is 2. The molecule has 0 aliphatic rings. The highest BCUT2D eigenvalue weighted by Gasteiger charge is 2.25. The number of halogens is 2. The van der Waals surface area contributed by atoms with Crippen LogP contribution in [0, 0.1) is 0 Å². The zero-order chi connectivity index (χ0) is 21.2. The van der Waals surface area contributed by atoms with Crippen LogP contribution >= 0.6 is 35.0 Å². The maximum absolute atomic E-state index is 12.9. The van der Waals surface area contributed by atoms with E-state index in [1.165, 1.54) is 0 Å². The second-order valence-electron chi connectivity index (χ2n) is 6.63. The molecule has 0 aromatic heterocycles. The molecular formula is C22H26Cl2N2O2S. The van der Waals surface area contributed by atoms with Gasteiger partial charge in [-0.1, -0.05) is 35.3 Å². The number of hydrogen-bond donors (Lipinski definition) is 1. The van der Waals surface area contributed by atoms with Crippen LogP contribution in [0.15, 0.2) is 53.4 Å². The lowest BCUT2D eigenvalue weighted by molar-refractivity contribution is -0.140. The van der Waals surface area contributed by atoms with Crippen molar-refractivity contribution in [3.05, 3.63) is 64.1 Å². The van der Waals surface area contributed by atoms with Gasteiger partial charge in [0.25, 0.3) is 0 Å². The van der Waals surface area contributed by atoms with Crippen molar-refractivity contribution in [1.29, 1.82) is 0 Å². The van der Waals surface area contributed by atoms with Gasteiger partial charge in [0, 0.05) is 34.5 Å². The molecule has 1 N–H and O–H groups in total. The topological polar surface area (TPSA) is 49.4 Å². The number of likely N-dealkylation sites (N-methyl/N-ethyl adjacent to an activating group) is 1. The molecule has 0 heterocycles. The van der Waals surface area contributed by atoms with Gasteiger partial charge < -0.3 is 10.2 Å². The zero-order valence-electron chi connectivity index (χ0n) is 16.7. The Balaban J connectivity index is 1.97. The van der Waals surface area contributed by atoms with Gasteiger partial charge in [0.1, 0.15) is 6.04 Å². The lowest BCUT2D eigenvalue weighted by atomic mass is 10.1. The number of benzene rings is 2. The van der Waals surface area contributed by atoms with Crippen LogP contribution in [0.3, 0.4) is 0 Å². The number of hydrogen-bond acceptors (Lipinski definition) is 3. The number of thioether (sulfide) groups is 1. The lowest BCUT2D eigenvalue weighted by Gasteiger charge is -2.29. The van der Waals surface area contributed by atoms with Crippen molar-refractivity contribution in [2.75, 3.05) is 12.3 Å². The van der Waals surface area contributed by atoms with Crippen molar-refractivity contribution in [2.45, 2.75) is 44.2 Å². The summed E-state index contributed by atoms with van der Waals surface area (Å²) in [6, 6.07) is 14.5. The van der Waals surface area contributed by atoms with E-state index in [1.807, 2.05) is 49.4 Å². The molecule has 0 saturated carbocycles. The smallest absolute Gasteiger partial charge is 0.242 e. The second kappa shape index (κ2) is 12.1. The van der Waals surface area contributed by atoms with Crippen LogP contribution in [0.25, 0.3) is 0 Å². The van der Waals surface area contributed by atoms with Crippen molar-refractivity contribution in [3.8, 4) is 0 Å². The fourth-order valence-electron chi connectivity index (χ4n) is 2.82. The van der Waals surface area contributed by atoms with Gasteiger partial charge in [-0.05, 0) is 68.0 Å². The van der Waals surface area contributed by atoms with E-state index in [-0.39, 0.29) is 11.8 Å². The summed E-state index contributed by atoms with van der Waals surface area (Å²) in [4.78, 5) is 28.0. The predicted molar refractivity (Wildman–Crippen MR) is 122 cm³/mol. The van der Waals surface area contributed by atoms with E-state index in [4.69, 9.17) is 23.2 Å². The molecule has 0 aliphatic heterocycles. The van der Waals surface area contributed by atoms with Gasteiger partial charge in [0.2, 0.25) is 11.8 Å². The first-order valence-corrected chi connectivity index (χ1v) is 11.3. The molecule has 7 heteroatoms. The minimum Gasteiger partial charge on any atom is -0.355 e. The number of nitrogens with one attached hydrogen (secondary N) is 1. The Bertz CT molecular complexity index is 815. The Kier molecular flexibility index (Phi) is 9.85. The summed E-state index contributed by atoms with van der Waals surface area (Å²) in [7, 11) is 0. The summed E-state index contributed by atoms with van der Waals surface area (Å²) >= 11 is 13.7. The molecule has 1 unspecified atom stereocenters. The van der Waals surface area contributed by atoms with Crippen LogP contribution < -0.4 is 5.32 Å². The molecular weight excluding hydrogens is 427 g/mol.